The van der Waals surface area contributed by atoms with Crippen LogP contribution in [-0.2, 0) is 0 Å². The largest absolute Gasteiger partial charge is 1.00 e. The minimum atomic E-state index is -0.743. The van der Waals surface area contributed by atoms with E-state index < -0.39 is 11.6 Å². The van der Waals surface area contributed by atoms with E-state index in [1.54, 1.807) is 0 Å². The summed E-state index contributed by atoms with van der Waals surface area (Å²) in [5.74, 6) is -1.32. The number of benzene rings is 1. The molecule has 1 rings (SSSR count). The van der Waals surface area contributed by atoms with Crippen LogP contribution in [0.15, 0.2) is 18.2 Å². The first kappa shape index (κ1) is 12.8. The van der Waals surface area contributed by atoms with E-state index in [-0.39, 0.29) is 37.7 Å². The average Bonchev–Trinajstić information content (AvgIpc) is 1.77. The molecule has 0 saturated carbocycles. The fourth-order valence-electron chi connectivity index (χ4n) is 0.396. The fourth-order valence-corrected chi connectivity index (χ4v) is 0.396. The third kappa shape index (κ3) is 3.35. The molecule has 0 radical (unpaired) electrons. The van der Waals surface area contributed by atoms with E-state index in [0.29, 0.717) is 0 Å². The molecule has 0 unspecified atom stereocenters. The summed E-state index contributed by atoms with van der Waals surface area (Å²) in [5, 5.41) is 10.2. The van der Waals surface area contributed by atoms with E-state index in [9.17, 15) is 9.50 Å². The van der Waals surface area contributed by atoms with Gasteiger partial charge in [-0.1, -0.05) is 0 Å². The van der Waals surface area contributed by atoms with Crippen molar-refractivity contribution in [3.8, 4) is 5.75 Å². The first-order chi connectivity index (χ1) is 3.80. The van der Waals surface area contributed by atoms with Crippen LogP contribution in [-0.4, -0.2) is 0 Å². The second-order valence-electron chi connectivity index (χ2n) is 1.36. The molecular formula is C6H3FLi2O. The first-order valence-corrected chi connectivity index (χ1v) is 2.13. The van der Waals surface area contributed by atoms with Gasteiger partial charge in [-0.25, -0.2) is 0 Å². The summed E-state index contributed by atoms with van der Waals surface area (Å²) < 4.78 is 12.0. The summed E-state index contributed by atoms with van der Waals surface area (Å²) >= 11 is 0. The third-order valence-electron chi connectivity index (χ3n) is 0.776. The van der Waals surface area contributed by atoms with Crippen molar-refractivity contribution < 1.29 is 47.2 Å². The van der Waals surface area contributed by atoms with Gasteiger partial charge in [-0.3, -0.25) is 4.39 Å². The molecule has 0 bridgehead atoms. The Bertz CT molecular complexity index is 172. The molecule has 10 heavy (non-hydrogen) atoms. The Kier molecular flexibility index (Phi) is 7.54. The van der Waals surface area contributed by atoms with Crippen molar-refractivity contribution in [2.24, 2.45) is 0 Å². The number of rotatable bonds is 0. The molecule has 0 aliphatic carbocycles. The quantitative estimate of drug-likeness (QED) is 0.250. The summed E-state index contributed by atoms with van der Waals surface area (Å²) in [5.41, 5.74) is 0. The van der Waals surface area contributed by atoms with Crippen molar-refractivity contribution in [2.75, 3.05) is 0 Å². The van der Waals surface area contributed by atoms with Gasteiger partial charge in [0, 0.05) is 5.82 Å². The third-order valence-corrected chi connectivity index (χ3v) is 0.776. The second-order valence-corrected chi connectivity index (χ2v) is 1.36. The van der Waals surface area contributed by atoms with Crippen LogP contribution in [0.25, 0.3) is 0 Å². The van der Waals surface area contributed by atoms with Gasteiger partial charge in [0.15, 0.2) is 0 Å². The average molecular weight is 124 g/mol. The van der Waals surface area contributed by atoms with E-state index in [2.05, 4.69) is 6.07 Å². The van der Waals surface area contributed by atoms with Gasteiger partial charge < -0.3 is 5.11 Å². The summed E-state index contributed by atoms with van der Waals surface area (Å²) in [6.07, 6.45) is 0. The molecule has 1 nitrogen and oxygen atoms in total. The van der Waals surface area contributed by atoms with Crippen molar-refractivity contribution in [1.29, 1.82) is 0 Å². The van der Waals surface area contributed by atoms with Gasteiger partial charge in [-0.2, -0.15) is 23.9 Å². The van der Waals surface area contributed by atoms with E-state index in [1.165, 1.54) is 6.07 Å². The van der Waals surface area contributed by atoms with Crippen LogP contribution in [0.2, 0.25) is 0 Å². The smallest absolute Gasteiger partial charge is 0.889 e. The fraction of sp³-hybridized carbons (Fsp3) is 0. The molecule has 0 saturated heterocycles. The summed E-state index contributed by atoms with van der Waals surface area (Å²) in [7, 11) is 0. The standard InChI is InChI=1S/C6H4FO.2Li/c7-5-3-1-2-4-6(5)8;;/h2-4,8H;;/q-1;2*+1/p-1. The minimum absolute atomic E-state index is 0. The van der Waals surface area contributed by atoms with Crippen LogP contribution in [0.5, 0.6) is 5.75 Å². The maximum absolute atomic E-state index is 12.0. The molecular weight excluding hydrogens is 121 g/mol. The second kappa shape index (κ2) is 5.89. The van der Waals surface area contributed by atoms with Crippen molar-refractivity contribution in [1.82, 2.24) is 0 Å². The Morgan fingerprint density at radius 1 is 1.40 bits per heavy atom. The summed E-state index contributed by atoms with van der Waals surface area (Å²) in [4.78, 5) is 0. The Hall–Kier alpha value is 0.145. The van der Waals surface area contributed by atoms with Gasteiger partial charge in [0.25, 0.3) is 0 Å². The van der Waals surface area contributed by atoms with Crippen LogP contribution < -0.4 is 42.8 Å². The zero-order valence-electron chi connectivity index (χ0n) is 6.02. The van der Waals surface area contributed by atoms with Crippen molar-refractivity contribution in [2.45, 2.75) is 0 Å². The Morgan fingerprint density at radius 3 is 2.30 bits per heavy atom. The summed E-state index contributed by atoms with van der Waals surface area (Å²) in [6, 6.07) is 5.96. The minimum Gasteiger partial charge on any atom is -0.889 e. The monoisotopic (exact) mass is 124 g/mol. The van der Waals surface area contributed by atoms with Crippen LogP contribution >= 0.6 is 0 Å². The normalized spacial score (nSPS) is 7.30. The zero-order chi connectivity index (χ0) is 5.98. The molecule has 42 valence electrons. The molecule has 0 aromatic heterocycles. The molecule has 4 heteroatoms. The summed E-state index contributed by atoms with van der Waals surface area (Å²) in [6.45, 7) is 0. The van der Waals surface area contributed by atoms with Crippen LogP contribution in [0.3, 0.4) is 0 Å². The van der Waals surface area contributed by atoms with Gasteiger partial charge in [0.05, 0.1) is 0 Å². The van der Waals surface area contributed by atoms with E-state index in [1.807, 2.05) is 0 Å². The molecule has 0 heterocycles. The van der Waals surface area contributed by atoms with Gasteiger partial charge in [0.2, 0.25) is 0 Å². The zero-order valence-corrected chi connectivity index (χ0v) is 6.02. The molecule has 0 fully saturated rings. The van der Waals surface area contributed by atoms with Crippen LogP contribution in [0, 0.1) is 11.9 Å². The molecule has 0 aliphatic heterocycles. The molecule has 0 spiro atoms. The van der Waals surface area contributed by atoms with E-state index in [0.717, 1.165) is 12.1 Å². The van der Waals surface area contributed by atoms with E-state index in [4.69, 9.17) is 0 Å². The van der Waals surface area contributed by atoms with Gasteiger partial charge in [-0.05, 0) is 0 Å². The van der Waals surface area contributed by atoms with Crippen molar-refractivity contribution in [3.63, 3.8) is 0 Å². The maximum atomic E-state index is 12.0. The molecule has 1 aromatic carbocycles. The van der Waals surface area contributed by atoms with Crippen LogP contribution in [0.4, 0.5) is 4.39 Å². The molecule has 0 amide bonds. The Balaban J connectivity index is 0. The SMILES string of the molecule is [Li+].[Li+].[O-]c1cc[c-]cc1F. The van der Waals surface area contributed by atoms with E-state index >= 15 is 0 Å². The number of hydrogen-bond donors (Lipinski definition) is 0. The van der Waals surface area contributed by atoms with Gasteiger partial charge in [0.1, 0.15) is 0 Å². The Labute approximate surface area is 83.0 Å². The van der Waals surface area contributed by atoms with Crippen LogP contribution in [0.1, 0.15) is 0 Å². The predicted molar refractivity (Wildman–Crippen MR) is 24.7 cm³/mol. The number of halogens is 1. The molecule has 1 aromatic rings. The maximum Gasteiger partial charge on any atom is 1.00 e. The van der Waals surface area contributed by atoms with Gasteiger partial charge >= 0.3 is 37.7 Å². The molecule has 0 atom stereocenters. The molecule has 0 aliphatic rings. The topological polar surface area (TPSA) is 23.1 Å². The molecule has 0 N–H and O–H groups in total. The Morgan fingerprint density at radius 2 is 2.00 bits per heavy atom. The first-order valence-electron chi connectivity index (χ1n) is 2.13. The predicted octanol–water partition coefficient (Wildman–Crippen LogP) is -5.29. The van der Waals surface area contributed by atoms with Gasteiger partial charge in [-0.15, -0.1) is 6.07 Å². The van der Waals surface area contributed by atoms with Crippen molar-refractivity contribution in [3.05, 3.63) is 30.1 Å². The number of hydrogen-bond acceptors (Lipinski definition) is 1. The van der Waals surface area contributed by atoms with Crippen molar-refractivity contribution >= 4 is 0 Å².